The number of nitrogens with zero attached hydrogens (tertiary/aromatic N) is 5. The van der Waals surface area contributed by atoms with Gasteiger partial charge in [0.1, 0.15) is 0 Å². The number of amides is 1. The molecule has 17 nitrogen and oxygen atoms in total. The number of carbonyl (C=O) groups is 6. The van der Waals surface area contributed by atoms with Crippen LogP contribution in [-0.4, -0.2) is 160 Å². The topological polar surface area (TPSA) is 219 Å². The van der Waals surface area contributed by atoms with E-state index in [0.717, 1.165) is 0 Å². The average Bonchev–Trinajstić information content (AvgIpc) is 3.01. The summed E-state index contributed by atoms with van der Waals surface area (Å²) in [4.78, 5) is 79.9. The highest BCUT2D eigenvalue weighted by Gasteiger charge is 2.30. The predicted molar refractivity (Wildman–Crippen MR) is 165 cm³/mol. The van der Waals surface area contributed by atoms with E-state index in [1.54, 1.807) is 29.3 Å². The van der Waals surface area contributed by atoms with Crippen molar-refractivity contribution >= 4 is 46.9 Å². The molecule has 1 amide bonds. The van der Waals surface area contributed by atoms with E-state index in [2.05, 4.69) is 0 Å². The minimum atomic E-state index is -1.37. The van der Waals surface area contributed by atoms with Gasteiger partial charge in [0.2, 0.25) is 5.91 Å². The molecule has 1 aromatic rings. The van der Waals surface area contributed by atoms with Crippen molar-refractivity contribution in [3.05, 3.63) is 24.3 Å². The number of aliphatic carboxylic acids is 1. The van der Waals surface area contributed by atoms with E-state index >= 15 is 0 Å². The number of anilines is 2. The maximum absolute atomic E-state index is 13.8. The van der Waals surface area contributed by atoms with Gasteiger partial charge in [-0.15, -0.1) is 0 Å². The van der Waals surface area contributed by atoms with Gasteiger partial charge in [0.05, 0.1) is 65.5 Å². The minimum absolute atomic E-state index is 0.00177. The van der Waals surface area contributed by atoms with Crippen molar-refractivity contribution in [3.8, 4) is 0 Å². The number of rotatable bonds is 13. The SMILES string of the molecule is COC(=O)CN1CCN(CC(=O)OC)CCN(N(C(=O)CC(=O)[C@@H](N)CC(=O)O)c2ccc(N)cc2)CCN(CC(=O)OC)CC1. The third-order valence-electron chi connectivity index (χ3n) is 7.35. The van der Waals surface area contributed by atoms with Crippen molar-refractivity contribution in [2.75, 3.05) is 104 Å². The molecule has 0 spiro atoms. The Hall–Kier alpha value is -4.16. The van der Waals surface area contributed by atoms with Crippen molar-refractivity contribution in [3.63, 3.8) is 0 Å². The van der Waals surface area contributed by atoms with Gasteiger partial charge in [-0.3, -0.25) is 43.5 Å². The Balaban J connectivity index is 2.48. The molecule has 17 heteroatoms. The lowest BCUT2D eigenvalue weighted by molar-refractivity contribution is -0.144. The number of carbonyl (C=O) groups excluding carboxylic acids is 5. The molecule has 46 heavy (non-hydrogen) atoms. The first kappa shape index (κ1) is 38.0. The number of nitrogens with two attached hydrogens (primary N) is 2. The highest BCUT2D eigenvalue weighted by Crippen LogP contribution is 2.21. The van der Waals surface area contributed by atoms with Crippen LogP contribution in [0.3, 0.4) is 0 Å². The van der Waals surface area contributed by atoms with Crippen LogP contribution >= 0.6 is 0 Å². The molecule has 0 radical (unpaired) electrons. The van der Waals surface area contributed by atoms with Gasteiger partial charge in [-0.1, -0.05) is 0 Å². The van der Waals surface area contributed by atoms with Crippen LogP contribution in [0.5, 0.6) is 0 Å². The lowest BCUT2D eigenvalue weighted by atomic mass is 10.1. The van der Waals surface area contributed by atoms with E-state index < -0.39 is 54.5 Å². The molecule has 2 rings (SSSR count). The summed E-state index contributed by atoms with van der Waals surface area (Å²) in [7, 11) is 3.85. The molecular formula is C29H45N7O10. The molecule has 0 unspecified atom stereocenters. The van der Waals surface area contributed by atoms with Crippen molar-refractivity contribution in [2.24, 2.45) is 5.73 Å². The number of hydrazine groups is 1. The van der Waals surface area contributed by atoms with Gasteiger partial charge in [0.15, 0.2) is 5.78 Å². The maximum atomic E-state index is 13.8. The third-order valence-corrected chi connectivity index (χ3v) is 7.35. The second-order valence-electron chi connectivity index (χ2n) is 10.7. The monoisotopic (exact) mass is 651 g/mol. The van der Waals surface area contributed by atoms with Gasteiger partial charge in [-0.25, -0.2) is 10.0 Å². The van der Waals surface area contributed by atoms with Crippen LogP contribution in [0.4, 0.5) is 11.4 Å². The van der Waals surface area contributed by atoms with Crippen molar-refractivity contribution in [1.82, 2.24) is 19.7 Å². The van der Waals surface area contributed by atoms with Crippen LogP contribution in [0.15, 0.2) is 24.3 Å². The van der Waals surface area contributed by atoms with Crippen molar-refractivity contribution < 1.29 is 48.1 Å². The number of ether oxygens (including phenoxy) is 3. The predicted octanol–water partition coefficient (Wildman–Crippen LogP) is -1.98. The van der Waals surface area contributed by atoms with Crippen molar-refractivity contribution in [2.45, 2.75) is 18.9 Å². The number of carboxylic acid groups (broad SMARTS) is 1. The summed E-state index contributed by atoms with van der Waals surface area (Å²) in [6, 6.07) is 5.02. The first-order valence-electron chi connectivity index (χ1n) is 14.7. The van der Waals surface area contributed by atoms with Gasteiger partial charge < -0.3 is 30.8 Å². The summed E-state index contributed by atoms with van der Waals surface area (Å²) in [5, 5.41) is 12.1. The molecule has 0 aromatic heterocycles. The van der Waals surface area contributed by atoms with Crippen LogP contribution in [-0.2, 0) is 43.0 Å². The van der Waals surface area contributed by atoms with E-state index in [-0.39, 0.29) is 45.8 Å². The summed E-state index contributed by atoms with van der Waals surface area (Å²) < 4.78 is 14.6. The number of esters is 3. The van der Waals surface area contributed by atoms with E-state index in [0.29, 0.717) is 37.6 Å². The zero-order chi connectivity index (χ0) is 34.2. The summed E-state index contributed by atoms with van der Waals surface area (Å²) in [5.41, 5.74) is 12.5. The molecular weight excluding hydrogens is 606 g/mol. The number of ketones is 1. The minimum Gasteiger partial charge on any atom is -0.481 e. The molecule has 1 saturated heterocycles. The summed E-state index contributed by atoms with van der Waals surface area (Å²) in [5.74, 6) is -4.07. The van der Waals surface area contributed by atoms with Crippen molar-refractivity contribution in [1.29, 1.82) is 0 Å². The van der Waals surface area contributed by atoms with Crippen LogP contribution in [0.25, 0.3) is 0 Å². The Morgan fingerprint density at radius 2 is 1.13 bits per heavy atom. The molecule has 1 aliphatic rings. The third kappa shape index (κ3) is 13.1. The largest absolute Gasteiger partial charge is 0.481 e. The van der Waals surface area contributed by atoms with Crippen LogP contribution in [0.1, 0.15) is 12.8 Å². The zero-order valence-electron chi connectivity index (χ0n) is 26.6. The Labute approximate surface area is 267 Å². The number of nitrogen functional groups attached to an aromatic ring is 1. The molecule has 0 saturated carbocycles. The first-order valence-corrected chi connectivity index (χ1v) is 14.7. The molecule has 1 atom stereocenters. The molecule has 1 aliphatic heterocycles. The Kier molecular flexibility index (Phi) is 16.0. The van der Waals surface area contributed by atoms with Crippen LogP contribution in [0, 0.1) is 0 Å². The summed E-state index contributed by atoms with van der Waals surface area (Å²) in [6.07, 6.45) is -1.30. The van der Waals surface area contributed by atoms with Gasteiger partial charge in [-0.05, 0) is 24.3 Å². The van der Waals surface area contributed by atoms with E-state index in [4.69, 9.17) is 30.8 Å². The fraction of sp³-hybridized carbons (Fsp3) is 0.586. The van der Waals surface area contributed by atoms with Gasteiger partial charge >= 0.3 is 23.9 Å². The maximum Gasteiger partial charge on any atom is 0.319 e. The first-order chi connectivity index (χ1) is 21.9. The van der Waals surface area contributed by atoms with Crippen LogP contribution in [0.2, 0.25) is 0 Å². The Bertz CT molecular complexity index is 1170. The fourth-order valence-corrected chi connectivity index (χ4v) is 4.68. The summed E-state index contributed by atoms with van der Waals surface area (Å²) in [6.45, 7) is 2.14. The fourth-order valence-electron chi connectivity index (χ4n) is 4.68. The van der Waals surface area contributed by atoms with E-state index in [9.17, 15) is 28.8 Å². The van der Waals surface area contributed by atoms with E-state index in [1.165, 1.54) is 26.3 Å². The number of methoxy groups -OCH3 is 3. The van der Waals surface area contributed by atoms with Crippen LogP contribution < -0.4 is 16.5 Å². The molecule has 5 N–H and O–H groups in total. The molecule has 0 aliphatic carbocycles. The van der Waals surface area contributed by atoms with E-state index in [1.807, 2.05) is 14.7 Å². The molecule has 1 heterocycles. The molecule has 256 valence electrons. The number of hydrogen-bond donors (Lipinski definition) is 3. The smallest absolute Gasteiger partial charge is 0.319 e. The number of carboxylic acids is 1. The second-order valence-corrected chi connectivity index (χ2v) is 10.7. The lowest BCUT2D eigenvalue weighted by Gasteiger charge is -2.38. The highest BCUT2D eigenvalue weighted by molar-refractivity contribution is 6.07. The molecule has 0 bridgehead atoms. The molecule has 1 aromatic carbocycles. The standard InChI is InChI=1S/C29H45N7O10/c1-44-27(41)18-32-8-10-33(19-28(42)45-2)12-14-35(15-13-34(11-9-32)20-29(43)46-3)36(22-6-4-21(30)5-7-22)25(38)17-24(37)23(31)16-26(39)40/h4-7,23H,8-20,30-31H2,1-3H3,(H,39,40)/t23-/m0/s1. The quantitative estimate of drug-likeness (QED) is 0.0911. The Morgan fingerprint density at radius 1 is 0.739 bits per heavy atom. The number of Topliss-reactive ketones (excluding diaryl/α,β-unsaturated/α-hetero) is 1. The average molecular weight is 652 g/mol. The second kappa shape index (κ2) is 19.4. The van der Waals surface area contributed by atoms with Gasteiger partial charge in [0.25, 0.3) is 0 Å². The summed E-state index contributed by atoms with van der Waals surface area (Å²) >= 11 is 0. The van der Waals surface area contributed by atoms with Gasteiger partial charge in [0, 0.05) is 58.0 Å². The normalized spacial score (nSPS) is 16.7. The number of hydrogen-bond acceptors (Lipinski definition) is 15. The van der Waals surface area contributed by atoms with Gasteiger partial charge in [-0.2, -0.15) is 0 Å². The highest BCUT2D eigenvalue weighted by atomic mass is 16.5. The molecule has 1 fully saturated rings. The zero-order valence-corrected chi connectivity index (χ0v) is 26.6. The lowest BCUT2D eigenvalue weighted by Crippen LogP contribution is -2.55. The number of benzene rings is 1. The Morgan fingerprint density at radius 3 is 1.50 bits per heavy atom.